The molecule has 0 spiro atoms. The Hall–Kier alpha value is -1.19. The fourth-order valence-corrected chi connectivity index (χ4v) is 2.78. The number of hydrogen-bond donors (Lipinski definition) is 1. The van der Waals surface area contributed by atoms with E-state index in [1.54, 1.807) is 12.1 Å². The third-order valence-corrected chi connectivity index (χ3v) is 4.82. The van der Waals surface area contributed by atoms with Crippen molar-refractivity contribution in [1.29, 1.82) is 0 Å². The van der Waals surface area contributed by atoms with Gasteiger partial charge in [0, 0.05) is 4.47 Å². The quantitative estimate of drug-likeness (QED) is 0.772. The summed E-state index contributed by atoms with van der Waals surface area (Å²) in [5, 5.41) is 3.52. The fourth-order valence-electron chi connectivity index (χ4n) is 2.55. The van der Waals surface area contributed by atoms with E-state index in [4.69, 9.17) is 0 Å². The van der Waals surface area contributed by atoms with Crippen molar-refractivity contribution in [2.75, 3.05) is 6.54 Å². The van der Waals surface area contributed by atoms with Crippen LogP contribution >= 0.6 is 15.9 Å². The molecule has 0 aromatic heterocycles. The van der Waals surface area contributed by atoms with Crippen LogP contribution in [0, 0.1) is 19.7 Å². The lowest BCUT2D eigenvalue weighted by Crippen LogP contribution is -2.23. The summed E-state index contributed by atoms with van der Waals surface area (Å²) in [6, 6.07) is 11.2. The molecule has 112 valence electrons. The van der Waals surface area contributed by atoms with E-state index in [1.165, 1.54) is 22.8 Å². The molecule has 0 amide bonds. The SMILES string of the molecule is CCCNC(c1cccc(F)c1)c1cc(C)c(Br)c(C)c1. The molecule has 1 N–H and O–H groups in total. The molecule has 1 atom stereocenters. The monoisotopic (exact) mass is 349 g/mol. The minimum atomic E-state index is -0.193. The van der Waals surface area contributed by atoms with Gasteiger partial charge in [-0.15, -0.1) is 0 Å². The standard InChI is InChI=1S/C18H21BrFN/c1-4-8-21-18(14-6-5-7-16(20)11-14)15-9-12(2)17(19)13(3)10-15/h5-7,9-11,18,21H,4,8H2,1-3H3. The molecule has 0 aliphatic heterocycles. The van der Waals surface area contributed by atoms with E-state index < -0.39 is 0 Å². The molecular weight excluding hydrogens is 329 g/mol. The number of hydrogen-bond acceptors (Lipinski definition) is 1. The van der Waals surface area contributed by atoms with Crippen LogP contribution < -0.4 is 5.32 Å². The van der Waals surface area contributed by atoms with Gasteiger partial charge in [-0.2, -0.15) is 0 Å². The van der Waals surface area contributed by atoms with Crippen molar-refractivity contribution in [2.24, 2.45) is 0 Å². The first kappa shape index (κ1) is 16.2. The van der Waals surface area contributed by atoms with E-state index in [1.807, 2.05) is 6.07 Å². The Morgan fingerprint density at radius 1 is 1.10 bits per heavy atom. The fraction of sp³-hybridized carbons (Fsp3) is 0.333. The molecule has 0 saturated heterocycles. The average Bonchev–Trinajstić information content (AvgIpc) is 2.45. The molecule has 1 unspecified atom stereocenters. The highest BCUT2D eigenvalue weighted by molar-refractivity contribution is 9.10. The number of halogens is 2. The molecule has 2 aromatic carbocycles. The second-order valence-corrected chi connectivity index (χ2v) is 6.20. The van der Waals surface area contributed by atoms with Crippen LogP contribution in [-0.4, -0.2) is 6.54 Å². The molecule has 2 aromatic rings. The average molecular weight is 350 g/mol. The van der Waals surface area contributed by atoms with Gasteiger partial charge in [-0.05, 0) is 61.2 Å². The van der Waals surface area contributed by atoms with E-state index >= 15 is 0 Å². The molecule has 0 heterocycles. The van der Waals surface area contributed by atoms with Crippen LogP contribution in [0.5, 0.6) is 0 Å². The molecule has 0 fully saturated rings. The van der Waals surface area contributed by atoms with Gasteiger partial charge >= 0.3 is 0 Å². The number of benzene rings is 2. The van der Waals surface area contributed by atoms with Crippen molar-refractivity contribution >= 4 is 15.9 Å². The second-order valence-electron chi connectivity index (χ2n) is 5.41. The van der Waals surface area contributed by atoms with Crippen LogP contribution in [0.3, 0.4) is 0 Å². The van der Waals surface area contributed by atoms with Crippen molar-refractivity contribution in [3.63, 3.8) is 0 Å². The van der Waals surface area contributed by atoms with Gasteiger partial charge in [0.1, 0.15) is 5.82 Å². The predicted octanol–water partition coefficient (Wildman–Crippen LogP) is 5.29. The van der Waals surface area contributed by atoms with Crippen LogP contribution in [0.2, 0.25) is 0 Å². The maximum absolute atomic E-state index is 13.6. The smallest absolute Gasteiger partial charge is 0.123 e. The van der Waals surface area contributed by atoms with Crippen molar-refractivity contribution in [1.82, 2.24) is 5.32 Å². The largest absolute Gasteiger partial charge is 0.306 e. The molecule has 1 nitrogen and oxygen atoms in total. The number of nitrogens with one attached hydrogen (secondary N) is 1. The Labute approximate surface area is 134 Å². The van der Waals surface area contributed by atoms with E-state index in [-0.39, 0.29) is 11.9 Å². The van der Waals surface area contributed by atoms with Gasteiger partial charge in [0.2, 0.25) is 0 Å². The molecule has 0 aliphatic carbocycles. The van der Waals surface area contributed by atoms with Gasteiger partial charge < -0.3 is 5.32 Å². The summed E-state index contributed by atoms with van der Waals surface area (Å²) >= 11 is 3.60. The molecule has 0 bridgehead atoms. The minimum Gasteiger partial charge on any atom is -0.306 e. The third kappa shape index (κ3) is 3.92. The third-order valence-electron chi connectivity index (χ3n) is 3.57. The highest BCUT2D eigenvalue weighted by atomic mass is 79.9. The molecule has 0 aliphatic rings. The summed E-state index contributed by atoms with van der Waals surface area (Å²) in [6.45, 7) is 7.20. The maximum atomic E-state index is 13.6. The van der Waals surface area contributed by atoms with E-state index in [2.05, 4.69) is 54.2 Å². The molecule has 0 saturated carbocycles. The molecule has 0 radical (unpaired) electrons. The van der Waals surface area contributed by atoms with Crippen molar-refractivity contribution in [3.05, 3.63) is 68.9 Å². The summed E-state index contributed by atoms with van der Waals surface area (Å²) < 4.78 is 14.7. The number of aryl methyl sites for hydroxylation is 2. The Bertz CT molecular complexity index is 601. The van der Waals surface area contributed by atoms with Crippen molar-refractivity contribution < 1.29 is 4.39 Å². The van der Waals surface area contributed by atoms with Gasteiger partial charge in [-0.1, -0.05) is 47.1 Å². The summed E-state index contributed by atoms with van der Waals surface area (Å²) in [5.41, 5.74) is 4.53. The molecular formula is C18H21BrFN. The van der Waals surface area contributed by atoms with E-state index in [0.29, 0.717) is 0 Å². The van der Waals surface area contributed by atoms with E-state index in [9.17, 15) is 4.39 Å². The molecule has 3 heteroatoms. The molecule has 2 rings (SSSR count). The summed E-state index contributed by atoms with van der Waals surface area (Å²) in [5.74, 6) is -0.193. The first-order valence-electron chi connectivity index (χ1n) is 7.28. The highest BCUT2D eigenvalue weighted by Crippen LogP contribution is 2.29. The normalized spacial score (nSPS) is 12.4. The zero-order chi connectivity index (χ0) is 15.4. The summed E-state index contributed by atoms with van der Waals surface area (Å²) in [4.78, 5) is 0. The van der Waals surface area contributed by atoms with Crippen molar-refractivity contribution in [2.45, 2.75) is 33.2 Å². The van der Waals surface area contributed by atoms with Gasteiger partial charge in [0.05, 0.1) is 6.04 Å². The van der Waals surface area contributed by atoms with Crippen molar-refractivity contribution in [3.8, 4) is 0 Å². The molecule has 21 heavy (non-hydrogen) atoms. The van der Waals surface area contributed by atoms with Gasteiger partial charge in [-0.25, -0.2) is 4.39 Å². The zero-order valence-corrected chi connectivity index (χ0v) is 14.3. The van der Waals surface area contributed by atoms with Gasteiger partial charge in [0.15, 0.2) is 0 Å². The Morgan fingerprint density at radius 3 is 2.33 bits per heavy atom. The highest BCUT2D eigenvalue weighted by Gasteiger charge is 2.15. The summed E-state index contributed by atoms with van der Waals surface area (Å²) in [7, 11) is 0. The first-order chi connectivity index (χ1) is 10.0. The van der Waals surface area contributed by atoms with Crippen LogP contribution in [0.1, 0.15) is 41.6 Å². The van der Waals surface area contributed by atoms with Gasteiger partial charge in [-0.3, -0.25) is 0 Å². The van der Waals surface area contributed by atoms with Crippen LogP contribution in [-0.2, 0) is 0 Å². The second kappa shape index (κ2) is 7.19. The van der Waals surface area contributed by atoms with Crippen LogP contribution in [0.4, 0.5) is 4.39 Å². The lowest BCUT2D eigenvalue weighted by Gasteiger charge is -2.21. The Morgan fingerprint density at radius 2 is 1.76 bits per heavy atom. The minimum absolute atomic E-state index is 0.0196. The van der Waals surface area contributed by atoms with Gasteiger partial charge in [0.25, 0.3) is 0 Å². The van der Waals surface area contributed by atoms with Crippen LogP contribution in [0.15, 0.2) is 40.9 Å². The summed E-state index contributed by atoms with van der Waals surface area (Å²) in [6.07, 6.45) is 1.04. The topological polar surface area (TPSA) is 12.0 Å². The first-order valence-corrected chi connectivity index (χ1v) is 8.07. The Kier molecular flexibility index (Phi) is 5.54. The lowest BCUT2D eigenvalue weighted by atomic mass is 9.95. The zero-order valence-electron chi connectivity index (χ0n) is 12.7. The number of rotatable bonds is 5. The predicted molar refractivity (Wildman–Crippen MR) is 90.2 cm³/mol. The lowest BCUT2D eigenvalue weighted by molar-refractivity contribution is 0.585. The van der Waals surface area contributed by atoms with Crippen LogP contribution in [0.25, 0.3) is 0 Å². The maximum Gasteiger partial charge on any atom is 0.123 e. The Balaban J connectivity index is 2.45. The van der Waals surface area contributed by atoms with E-state index in [0.717, 1.165) is 23.0 Å².